The first-order valence-corrected chi connectivity index (χ1v) is 9.42. The number of carbonyl (C=O) groups is 1. The highest BCUT2D eigenvalue weighted by Crippen LogP contribution is 2.19. The molecule has 1 amide bonds. The monoisotopic (exact) mass is 389 g/mol. The van der Waals surface area contributed by atoms with Crippen molar-refractivity contribution >= 4 is 17.5 Å². The predicted octanol–water partition coefficient (Wildman–Crippen LogP) is 3.94. The van der Waals surface area contributed by atoms with E-state index in [4.69, 9.17) is 25.8 Å². The van der Waals surface area contributed by atoms with Crippen LogP contribution in [0, 0.1) is 0 Å². The van der Waals surface area contributed by atoms with Gasteiger partial charge in [-0.25, -0.2) is 0 Å². The molecule has 1 atom stereocenters. The molecule has 6 heteroatoms. The summed E-state index contributed by atoms with van der Waals surface area (Å²) in [6.07, 6.45) is 1.91. The number of ether oxygens (including phenoxy) is 3. The van der Waals surface area contributed by atoms with Crippen LogP contribution in [0.25, 0.3) is 0 Å². The molecule has 0 saturated carbocycles. The first-order valence-electron chi connectivity index (χ1n) is 9.05. The van der Waals surface area contributed by atoms with E-state index in [0.29, 0.717) is 23.9 Å². The Hall–Kier alpha value is -2.24. The highest BCUT2D eigenvalue weighted by atomic mass is 35.5. The largest absolute Gasteiger partial charge is 0.497 e. The number of carbonyl (C=O) groups excluding carboxylic acids is 1. The van der Waals surface area contributed by atoms with Crippen LogP contribution in [0.2, 0.25) is 5.02 Å². The summed E-state index contributed by atoms with van der Waals surface area (Å²) in [7, 11) is 1.65. The van der Waals surface area contributed by atoms with E-state index in [0.717, 1.165) is 30.7 Å². The molecule has 144 valence electrons. The average Bonchev–Trinajstić information content (AvgIpc) is 2.72. The van der Waals surface area contributed by atoms with Crippen LogP contribution in [0.1, 0.15) is 18.4 Å². The van der Waals surface area contributed by atoms with E-state index < -0.39 is 0 Å². The summed E-state index contributed by atoms with van der Waals surface area (Å²) in [6, 6.07) is 14.8. The van der Waals surface area contributed by atoms with Gasteiger partial charge in [-0.15, -0.1) is 0 Å². The number of piperidine rings is 1. The van der Waals surface area contributed by atoms with Gasteiger partial charge in [-0.05, 0) is 54.8 Å². The minimum atomic E-state index is -0.0281. The minimum Gasteiger partial charge on any atom is -0.497 e. The Bertz CT molecular complexity index is 750. The number of benzene rings is 2. The molecule has 3 rings (SSSR count). The van der Waals surface area contributed by atoms with Crippen LogP contribution in [0.5, 0.6) is 11.5 Å². The van der Waals surface area contributed by atoms with Gasteiger partial charge in [0.2, 0.25) is 0 Å². The number of hydrogen-bond acceptors (Lipinski definition) is 4. The maximum absolute atomic E-state index is 12.4. The predicted molar refractivity (Wildman–Crippen MR) is 104 cm³/mol. The Balaban J connectivity index is 1.46. The summed E-state index contributed by atoms with van der Waals surface area (Å²) < 4.78 is 16.8. The molecule has 1 aliphatic heterocycles. The van der Waals surface area contributed by atoms with Crippen LogP contribution in [0.3, 0.4) is 0 Å². The number of nitrogens with zero attached hydrogens (tertiary/aromatic N) is 1. The lowest BCUT2D eigenvalue weighted by atomic mass is 10.1. The van der Waals surface area contributed by atoms with Crippen LogP contribution in [-0.4, -0.2) is 43.7 Å². The third-order valence-electron chi connectivity index (χ3n) is 4.53. The molecule has 0 unspecified atom stereocenters. The first kappa shape index (κ1) is 19.5. The lowest BCUT2D eigenvalue weighted by Crippen LogP contribution is -2.45. The molecule has 0 aromatic heterocycles. The molecule has 0 radical (unpaired) electrons. The number of hydrogen-bond donors (Lipinski definition) is 0. The number of amides is 1. The fraction of sp³-hybridized carbons (Fsp3) is 0.381. The third-order valence-corrected chi connectivity index (χ3v) is 4.78. The fourth-order valence-electron chi connectivity index (χ4n) is 3.04. The van der Waals surface area contributed by atoms with Gasteiger partial charge in [0.25, 0.3) is 5.91 Å². The van der Waals surface area contributed by atoms with Gasteiger partial charge in [0.05, 0.1) is 19.8 Å². The molecule has 5 nitrogen and oxygen atoms in total. The van der Waals surface area contributed by atoms with Gasteiger partial charge in [0.1, 0.15) is 11.5 Å². The van der Waals surface area contributed by atoms with Gasteiger partial charge in [-0.1, -0.05) is 23.7 Å². The summed E-state index contributed by atoms with van der Waals surface area (Å²) in [5, 5.41) is 0.640. The standard InChI is InChI=1S/C21H24ClNO4/c1-25-19-5-2-4-16(12-19)14-26-20-6-3-11-23(13-20)21(24)15-27-18-9-7-17(22)8-10-18/h2,4-5,7-10,12,20H,3,6,11,13-15H2,1H3/t20-/m1/s1. The first-order chi connectivity index (χ1) is 13.1. The zero-order chi connectivity index (χ0) is 19.1. The molecule has 27 heavy (non-hydrogen) atoms. The van der Waals surface area contributed by atoms with Crippen molar-refractivity contribution in [3.8, 4) is 11.5 Å². The van der Waals surface area contributed by atoms with Gasteiger partial charge in [0, 0.05) is 18.1 Å². The second-order valence-corrected chi connectivity index (χ2v) is 6.95. The maximum atomic E-state index is 12.4. The smallest absolute Gasteiger partial charge is 0.260 e. The van der Waals surface area contributed by atoms with Crippen LogP contribution in [-0.2, 0) is 16.1 Å². The molecule has 0 spiro atoms. The SMILES string of the molecule is COc1cccc(CO[C@@H]2CCCN(C(=O)COc3ccc(Cl)cc3)C2)c1. The molecule has 2 aromatic rings. The van der Waals surface area contributed by atoms with Crippen molar-refractivity contribution in [2.45, 2.75) is 25.6 Å². The van der Waals surface area contributed by atoms with Crippen LogP contribution < -0.4 is 9.47 Å². The van der Waals surface area contributed by atoms with Gasteiger partial charge < -0.3 is 19.1 Å². The minimum absolute atomic E-state index is 0.0181. The number of likely N-dealkylation sites (tertiary alicyclic amines) is 1. The van der Waals surface area contributed by atoms with Crippen molar-refractivity contribution in [2.24, 2.45) is 0 Å². The highest BCUT2D eigenvalue weighted by Gasteiger charge is 2.24. The third kappa shape index (κ3) is 5.88. The normalized spacial score (nSPS) is 16.8. The van der Waals surface area contributed by atoms with Crippen molar-refractivity contribution in [1.82, 2.24) is 4.90 Å². The van der Waals surface area contributed by atoms with Gasteiger partial charge >= 0.3 is 0 Å². The van der Waals surface area contributed by atoms with E-state index in [1.807, 2.05) is 29.2 Å². The Morgan fingerprint density at radius 3 is 2.78 bits per heavy atom. The highest BCUT2D eigenvalue weighted by molar-refractivity contribution is 6.30. The second kappa shape index (κ2) is 9.62. The summed E-state index contributed by atoms with van der Waals surface area (Å²) >= 11 is 5.85. The number of halogens is 1. The van der Waals surface area contributed by atoms with E-state index in [2.05, 4.69) is 0 Å². The zero-order valence-electron chi connectivity index (χ0n) is 15.4. The molecule has 0 N–H and O–H groups in total. The summed E-state index contributed by atoms with van der Waals surface area (Å²) in [4.78, 5) is 14.3. The quantitative estimate of drug-likeness (QED) is 0.719. The van der Waals surface area contributed by atoms with Crippen molar-refractivity contribution in [3.63, 3.8) is 0 Å². The van der Waals surface area contributed by atoms with Crippen molar-refractivity contribution in [2.75, 3.05) is 26.8 Å². The topological polar surface area (TPSA) is 48.0 Å². The molecule has 1 saturated heterocycles. The van der Waals surface area contributed by atoms with Crippen molar-refractivity contribution < 1.29 is 19.0 Å². The molecular formula is C21H24ClNO4. The Kier molecular flexibility index (Phi) is 6.96. The van der Waals surface area contributed by atoms with E-state index in [1.165, 1.54) is 0 Å². The lowest BCUT2D eigenvalue weighted by Gasteiger charge is -2.32. The van der Waals surface area contributed by atoms with Gasteiger partial charge in [0.15, 0.2) is 6.61 Å². The van der Waals surface area contributed by atoms with E-state index in [-0.39, 0.29) is 18.6 Å². The zero-order valence-corrected chi connectivity index (χ0v) is 16.2. The summed E-state index contributed by atoms with van der Waals surface area (Å²) in [5.41, 5.74) is 1.06. The molecule has 1 fully saturated rings. The Morgan fingerprint density at radius 2 is 2.00 bits per heavy atom. The number of methoxy groups -OCH3 is 1. The Morgan fingerprint density at radius 1 is 1.19 bits per heavy atom. The van der Waals surface area contributed by atoms with Gasteiger partial charge in [-0.2, -0.15) is 0 Å². The maximum Gasteiger partial charge on any atom is 0.260 e. The Labute approximate surface area is 164 Å². The summed E-state index contributed by atoms with van der Waals surface area (Å²) in [6.45, 7) is 1.85. The fourth-order valence-corrected chi connectivity index (χ4v) is 3.17. The van der Waals surface area contributed by atoms with Crippen LogP contribution in [0.4, 0.5) is 0 Å². The molecule has 1 aliphatic rings. The van der Waals surface area contributed by atoms with E-state index >= 15 is 0 Å². The van der Waals surface area contributed by atoms with Gasteiger partial charge in [-0.3, -0.25) is 4.79 Å². The number of rotatable bonds is 7. The lowest BCUT2D eigenvalue weighted by molar-refractivity contribution is -0.137. The summed E-state index contributed by atoms with van der Waals surface area (Å²) in [5.74, 6) is 1.42. The van der Waals surface area contributed by atoms with E-state index in [9.17, 15) is 4.79 Å². The van der Waals surface area contributed by atoms with Crippen molar-refractivity contribution in [3.05, 3.63) is 59.1 Å². The second-order valence-electron chi connectivity index (χ2n) is 6.51. The molecule has 1 heterocycles. The average molecular weight is 390 g/mol. The van der Waals surface area contributed by atoms with Crippen LogP contribution >= 0.6 is 11.6 Å². The molecular weight excluding hydrogens is 366 g/mol. The van der Waals surface area contributed by atoms with E-state index in [1.54, 1.807) is 31.4 Å². The molecule has 0 aliphatic carbocycles. The molecule has 0 bridgehead atoms. The van der Waals surface area contributed by atoms with Crippen LogP contribution in [0.15, 0.2) is 48.5 Å². The molecule has 2 aromatic carbocycles. The van der Waals surface area contributed by atoms with Crippen molar-refractivity contribution in [1.29, 1.82) is 0 Å².